The maximum Gasteiger partial charge on any atom is 0.0406 e. The molecule has 20 heavy (non-hydrogen) atoms. The molecule has 3 nitrogen and oxygen atoms in total. The van der Waals surface area contributed by atoms with Gasteiger partial charge in [0.1, 0.15) is 0 Å². The number of piperazine rings is 1. The van der Waals surface area contributed by atoms with Crippen molar-refractivity contribution >= 4 is 11.6 Å². The van der Waals surface area contributed by atoms with Gasteiger partial charge in [0.15, 0.2) is 0 Å². The average Bonchev–Trinajstić information content (AvgIpc) is 2.49. The summed E-state index contributed by atoms with van der Waals surface area (Å²) in [7, 11) is 2.23. The molecule has 1 atom stereocenters. The van der Waals surface area contributed by atoms with Gasteiger partial charge in [-0.05, 0) is 31.2 Å². The normalized spacial score (nSPS) is 18.4. The zero-order chi connectivity index (χ0) is 14.4. The number of likely N-dealkylation sites (N-methyl/N-ethyl adjacent to an activating group) is 1. The lowest BCUT2D eigenvalue weighted by Crippen LogP contribution is -2.46. The van der Waals surface area contributed by atoms with Crippen molar-refractivity contribution in [1.29, 1.82) is 0 Å². The summed E-state index contributed by atoms with van der Waals surface area (Å²) in [6, 6.07) is 8.76. The van der Waals surface area contributed by atoms with Gasteiger partial charge in [0, 0.05) is 50.3 Å². The van der Waals surface area contributed by atoms with E-state index in [2.05, 4.69) is 41.2 Å². The number of halogens is 1. The van der Waals surface area contributed by atoms with Gasteiger partial charge in [-0.2, -0.15) is 0 Å². The van der Waals surface area contributed by atoms with Crippen molar-refractivity contribution < 1.29 is 0 Å². The lowest BCUT2D eigenvalue weighted by molar-refractivity contribution is 0.174. The third-order valence-electron chi connectivity index (χ3n) is 4.15. The molecule has 0 aromatic heterocycles. The molecule has 0 amide bonds. The molecule has 2 rings (SSSR count). The summed E-state index contributed by atoms with van der Waals surface area (Å²) in [5, 5.41) is 4.21. The van der Waals surface area contributed by atoms with Crippen LogP contribution < -0.4 is 5.32 Å². The number of hydrogen-bond acceptors (Lipinski definition) is 3. The Morgan fingerprint density at radius 3 is 2.50 bits per heavy atom. The quantitative estimate of drug-likeness (QED) is 0.870. The van der Waals surface area contributed by atoms with E-state index in [9.17, 15) is 0 Å². The zero-order valence-corrected chi connectivity index (χ0v) is 13.4. The molecule has 0 saturated carbocycles. The van der Waals surface area contributed by atoms with Crippen LogP contribution in [-0.4, -0.2) is 56.1 Å². The first-order chi connectivity index (χ1) is 9.70. The fourth-order valence-corrected chi connectivity index (χ4v) is 3.00. The number of hydrogen-bond donors (Lipinski definition) is 1. The number of benzene rings is 1. The maximum absolute atomic E-state index is 5.98. The molecule has 1 aromatic carbocycles. The van der Waals surface area contributed by atoms with Crippen molar-refractivity contribution in [3.63, 3.8) is 0 Å². The fraction of sp³-hybridized carbons (Fsp3) is 0.625. The Labute approximate surface area is 127 Å². The van der Waals surface area contributed by atoms with Crippen LogP contribution in [0, 0.1) is 0 Å². The minimum Gasteiger partial charge on any atom is -0.314 e. The lowest BCUT2D eigenvalue weighted by atomic mass is 10.0. The second kappa shape index (κ2) is 7.99. The Morgan fingerprint density at radius 2 is 1.90 bits per heavy atom. The monoisotopic (exact) mass is 295 g/mol. The molecule has 1 fully saturated rings. The molecule has 1 N–H and O–H groups in total. The van der Waals surface area contributed by atoms with E-state index in [0.29, 0.717) is 6.04 Å². The molecular formula is C16H26ClN3. The van der Waals surface area contributed by atoms with E-state index in [4.69, 9.17) is 11.6 Å². The van der Waals surface area contributed by atoms with Gasteiger partial charge in [0.05, 0.1) is 0 Å². The molecule has 112 valence electrons. The SMILES string of the molecule is CCC(c1ccc(Cl)cc1)N(C)CCN1CCNCC1. The minimum absolute atomic E-state index is 0.482. The summed E-state index contributed by atoms with van der Waals surface area (Å²) < 4.78 is 0. The van der Waals surface area contributed by atoms with Crippen LogP contribution in [0.3, 0.4) is 0 Å². The summed E-state index contributed by atoms with van der Waals surface area (Å²) in [6.45, 7) is 9.11. The number of rotatable bonds is 6. The Bertz CT molecular complexity index is 387. The van der Waals surface area contributed by atoms with Crippen LogP contribution in [0.5, 0.6) is 0 Å². The van der Waals surface area contributed by atoms with Crippen LogP contribution >= 0.6 is 11.6 Å². The predicted molar refractivity (Wildman–Crippen MR) is 86.4 cm³/mol. The average molecular weight is 296 g/mol. The van der Waals surface area contributed by atoms with Crippen LogP contribution in [0.4, 0.5) is 0 Å². The summed E-state index contributed by atoms with van der Waals surface area (Å²) in [5.41, 5.74) is 1.36. The van der Waals surface area contributed by atoms with Crippen LogP contribution in [0.1, 0.15) is 24.9 Å². The first-order valence-electron chi connectivity index (χ1n) is 7.59. The topological polar surface area (TPSA) is 18.5 Å². The molecule has 1 aliphatic heterocycles. The highest BCUT2D eigenvalue weighted by Crippen LogP contribution is 2.24. The largest absolute Gasteiger partial charge is 0.314 e. The summed E-state index contributed by atoms with van der Waals surface area (Å²) in [6.07, 6.45) is 1.12. The molecule has 1 heterocycles. The molecule has 1 unspecified atom stereocenters. The van der Waals surface area contributed by atoms with Gasteiger partial charge in [-0.1, -0.05) is 30.7 Å². The Kier molecular flexibility index (Phi) is 6.30. The van der Waals surface area contributed by atoms with Crippen molar-refractivity contribution in [3.8, 4) is 0 Å². The van der Waals surface area contributed by atoms with Gasteiger partial charge in [0.2, 0.25) is 0 Å². The van der Waals surface area contributed by atoms with Crippen molar-refractivity contribution in [3.05, 3.63) is 34.9 Å². The second-order valence-electron chi connectivity index (χ2n) is 5.55. The van der Waals surface area contributed by atoms with Gasteiger partial charge in [-0.25, -0.2) is 0 Å². The van der Waals surface area contributed by atoms with Gasteiger partial charge in [-0.15, -0.1) is 0 Å². The molecule has 1 aliphatic rings. The predicted octanol–water partition coefficient (Wildman–Crippen LogP) is 2.63. The first-order valence-corrected chi connectivity index (χ1v) is 7.97. The molecule has 1 aromatic rings. The molecule has 1 saturated heterocycles. The highest BCUT2D eigenvalue weighted by molar-refractivity contribution is 6.30. The van der Waals surface area contributed by atoms with E-state index in [-0.39, 0.29) is 0 Å². The van der Waals surface area contributed by atoms with Gasteiger partial charge >= 0.3 is 0 Å². The Hall–Kier alpha value is -0.610. The number of nitrogens with one attached hydrogen (secondary N) is 1. The van der Waals surface area contributed by atoms with E-state index < -0.39 is 0 Å². The fourth-order valence-electron chi connectivity index (χ4n) is 2.88. The molecular weight excluding hydrogens is 270 g/mol. The molecule has 0 radical (unpaired) electrons. The van der Waals surface area contributed by atoms with Crippen LogP contribution in [0.15, 0.2) is 24.3 Å². The second-order valence-corrected chi connectivity index (χ2v) is 5.98. The third kappa shape index (κ3) is 4.45. The van der Waals surface area contributed by atoms with E-state index in [1.165, 1.54) is 18.7 Å². The minimum atomic E-state index is 0.482. The molecule has 0 bridgehead atoms. The summed E-state index contributed by atoms with van der Waals surface area (Å²) in [4.78, 5) is 5.01. The summed E-state index contributed by atoms with van der Waals surface area (Å²) in [5.74, 6) is 0. The van der Waals surface area contributed by atoms with Gasteiger partial charge in [0.25, 0.3) is 0 Å². The lowest BCUT2D eigenvalue weighted by Gasteiger charge is -2.32. The molecule has 0 spiro atoms. The maximum atomic E-state index is 5.98. The smallest absolute Gasteiger partial charge is 0.0406 e. The Morgan fingerprint density at radius 1 is 1.25 bits per heavy atom. The van der Waals surface area contributed by atoms with Crippen LogP contribution in [0.25, 0.3) is 0 Å². The molecule has 4 heteroatoms. The van der Waals surface area contributed by atoms with Crippen molar-refractivity contribution in [2.75, 3.05) is 46.3 Å². The van der Waals surface area contributed by atoms with Crippen LogP contribution in [0.2, 0.25) is 5.02 Å². The number of nitrogens with zero attached hydrogens (tertiary/aromatic N) is 2. The first kappa shape index (κ1) is 15.8. The highest BCUT2D eigenvalue weighted by atomic mass is 35.5. The zero-order valence-electron chi connectivity index (χ0n) is 12.6. The van der Waals surface area contributed by atoms with E-state index in [1.54, 1.807) is 0 Å². The van der Waals surface area contributed by atoms with E-state index in [1.807, 2.05) is 12.1 Å². The third-order valence-corrected chi connectivity index (χ3v) is 4.40. The standard InChI is InChI=1S/C16H26ClN3/c1-3-16(14-4-6-15(17)7-5-14)19(2)12-13-20-10-8-18-9-11-20/h4-7,16,18H,3,8-13H2,1-2H3. The van der Waals surface area contributed by atoms with Gasteiger partial charge < -0.3 is 5.32 Å². The van der Waals surface area contributed by atoms with Crippen molar-refractivity contribution in [2.24, 2.45) is 0 Å². The van der Waals surface area contributed by atoms with Gasteiger partial charge in [-0.3, -0.25) is 9.80 Å². The van der Waals surface area contributed by atoms with Crippen molar-refractivity contribution in [1.82, 2.24) is 15.1 Å². The Balaban J connectivity index is 1.87. The van der Waals surface area contributed by atoms with E-state index in [0.717, 1.165) is 37.6 Å². The van der Waals surface area contributed by atoms with Crippen molar-refractivity contribution in [2.45, 2.75) is 19.4 Å². The van der Waals surface area contributed by atoms with E-state index >= 15 is 0 Å². The highest BCUT2D eigenvalue weighted by Gasteiger charge is 2.16. The molecule has 0 aliphatic carbocycles. The summed E-state index contributed by atoms with van der Waals surface area (Å²) >= 11 is 5.98. The van der Waals surface area contributed by atoms with Crippen LogP contribution in [-0.2, 0) is 0 Å².